The van der Waals surface area contributed by atoms with Crippen LogP contribution in [0.4, 0.5) is 5.95 Å². The average Bonchev–Trinajstić information content (AvgIpc) is 2.59. The lowest BCUT2D eigenvalue weighted by molar-refractivity contribution is 0.811. The van der Waals surface area contributed by atoms with Crippen LogP contribution in [-0.2, 0) is 13.5 Å². The summed E-state index contributed by atoms with van der Waals surface area (Å²) in [7, 11) is 1.97. The Balaban J connectivity index is 2.49. The Kier molecular flexibility index (Phi) is 2.37. The van der Waals surface area contributed by atoms with E-state index in [1.54, 1.807) is 12.4 Å². The first kappa shape index (κ1) is 9.64. The Bertz CT molecular complexity index is 474. The average molecular weight is 203 g/mol. The summed E-state index contributed by atoms with van der Waals surface area (Å²) >= 11 is 0. The molecule has 2 aromatic rings. The molecule has 0 atom stereocenters. The van der Waals surface area contributed by atoms with Gasteiger partial charge in [0, 0.05) is 19.7 Å². The van der Waals surface area contributed by atoms with Gasteiger partial charge in [-0.2, -0.15) is 0 Å². The van der Waals surface area contributed by atoms with E-state index in [0.29, 0.717) is 0 Å². The second-order valence-electron chi connectivity index (χ2n) is 3.27. The third-order valence-corrected chi connectivity index (χ3v) is 2.34. The van der Waals surface area contributed by atoms with Crippen LogP contribution in [0.1, 0.15) is 12.7 Å². The van der Waals surface area contributed by atoms with Crippen molar-refractivity contribution < 1.29 is 0 Å². The third kappa shape index (κ3) is 1.68. The molecule has 2 aromatic heterocycles. The van der Waals surface area contributed by atoms with E-state index in [4.69, 9.17) is 5.73 Å². The number of hydrogen-bond acceptors (Lipinski definition) is 4. The minimum Gasteiger partial charge on any atom is -0.368 e. The van der Waals surface area contributed by atoms with Gasteiger partial charge in [-0.05, 0) is 6.07 Å². The maximum absolute atomic E-state index is 5.53. The van der Waals surface area contributed by atoms with Crippen molar-refractivity contribution in [3.8, 4) is 11.4 Å². The molecule has 2 heterocycles. The molecule has 5 nitrogen and oxygen atoms in total. The van der Waals surface area contributed by atoms with Gasteiger partial charge in [0.1, 0.15) is 5.82 Å². The van der Waals surface area contributed by atoms with E-state index in [2.05, 4.69) is 21.9 Å². The summed E-state index contributed by atoms with van der Waals surface area (Å²) in [5.74, 6) is 1.31. The van der Waals surface area contributed by atoms with Crippen LogP contribution >= 0.6 is 0 Å². The van der Waals surface area contributed by atoms with Crippen LogP contribution < -0.4 is 5.73 Å². The quantitative estimate of drug-likeness (QED) is 0.791. The van der Waals surface area contributed by atoms with Gasteiger partial charge in [-0.3, -0.25) is 0 Å². The molecule has 0 spiro atoms. The van der Waals surface area contributed by atoms with Crippen LogP contribution in [0.15, 0.2) is 18.5 Å². The van der Waals surface area contributed by atoms with Gasteiger partial charge >= 0.3 is 0 Å². The third-order valence-electron chi connectivity index (χ3n) is 2.34. The molecule has 15 heavy (non-hydrogen) atoms. The van der Waals surface area contributed by atoms with Crippen molar-refractivity contribution in [1.82, 2.24) is 19.5 Å². The summed E-state index contributed by atoms with van der Waals surface area (Å²) in [6.45, 7) is 2.07. The number of anilines is 1. The van der Waals surface area contributed by atoms with Gasteiger partial charge in [0.15, 0.2) is 0 Å². The minimum atomic E-state index is 0.284. The zero-order valence-corrected chi connectivity index (χ0v) is 8.81. The Labute approximate surface area is 88.0 Å². The first-order chi connectivity index (χ1) is 7.22. The molecule has 2 N–H and O–H groups in total. The molecule has 0 saturated carbocycles. The first-order valence-corrected chi connectivity index (χ1v) is 4.82. The molecule has 5 heteroatoms. The fourth-order valence-electron chi connectivity index (χ4n) is 1.53. The number of nitrogens with zero attached hydrogens (tertiary/aromatic N) is 4. The van der Waals surface area contributed by atoms with Gasteiger partial charge in [0.05, 0.1) is 17.6 Å². The largest absolute Gasteiger partial charge is 0.368 e. The molecule has 78 valence electrons. The number of nitrogen functional groups attached to an aromatic ring is 1. The van der Waals surface area contributed by atoms with E-state index in [9.17, 15) is 0 Å². The number of imidazole rings is 1. The normalized spacial score (nSPS) is 10.5. The summed E-state index contributed by atoms with van der Waals surface area (Å²) in [6.07, 6.45) is 4.36. The molecule has 0 aromatic carbocycles. The number of hydrogen-bond donors (Lipinski definition) is 1. The fraction of sp³-hybridized carbons (Fsp3) is 0.300. The molecule has 0 saturated heterocycles. The topological polar surface area (TPSA) is 69.6 Å². The van der Waals surface area contributed by atoms with Crippen molar-refractivity contribution in [2.24, 2.45) is 7.05 Å². The van der Waals surface area contributed by atoms with Crippen molar-refractivity contribution in [3.63, 3.8) is 0 Å². The van der Waals surface area contributed by atoms with E-state index >= 15 is 0 Å². The van der Waals surface area contributed by atoms with Crippen LogP contribution in [0, 0.1) is 0 Å². The van der Waals surface area contributed by atoms with E-state index in [0.717, 1.165) is 23.6 Å². The Morgan fingerprint density at radius 1 is 1.40 bits per heavy atom. The number of nitrogens with two attached hydrogens (primary N) is 1. The van der Waals surface area contributed by atoms with Gasteiger partial charge in [-0.1, -0.05) is 6.92 Å². The molecule has 0 aliphatic heterocycles. The lowest BCUT2D eigenvalue weighted by Gasteiger charge is -2.03. The van der Waals surface area contributed by atoms with Crippen LogP contribution in [0.25, 0.3) is 11.4 Å². The molecule has 2 rings (SSSR count). The summed E-state index contributed by atoms with van der Waals surface area (Å²) in [6, 6.07) is 1.83. The lowest BCUT2D eigenvalue weighted by Crippen LogP contribution is -2.00. The van der Waals surface area contributed by atoms with E-state index < -0.39 is 0 Å². The molecule has 0 amide bonds. The van der Waals surface area contributed by atoms with E-state index in [1.807, 2.05) is 17.7 Å². The summed E-state index contributed by atoms with van der Waals surface area (Å²) in [4.78, 5) is 12.3. The van der Waals surface area contributed by atoms with Crippen molar-refractivity contribution in [3.05, 3.63) is 24.3 Å². The monoisotopic (exact) mass is 203 g/mol. The van der Waals surface area contributed by atoms with Crippen LogP contribution in [0.5, 0.6) is 0 Å². The van der Waals surface area contributed by atoms with Crippen molar-refractivity contribution in [1.29, 1.82) is 0 Å². The lowest BCUT2D eigenvalue weighted by atomic mass is 10.3. The molecule has 0 radical (unpaired) electrons. The van der Waals surface area contributed by atoms with Crippen molar-refractivity contribution in [2.45, 2.75) is 13.3 Å². The Hall–Kier alpha value is -1.91. The summed E-state index contributed by atoms with van der Waals surface area (Å²) < 4.78 is 2.02. The smallest absolute Gasteiger partial charge is 0.220 e. The fourth-order valence-corrected chi connectivity index (χ4v) is 1.53. The standard InChI is InChI=1S/C10H13N5/c1-3-9-13-6-8(15(9)2)7-4-5-12-10(11)14-7/h4-6H,3H2,1-2H3,(H2,11,12,14). The first-order valence-electron chi connectivity index (χ1n) is 4.82. The minimum absolute atomic E-state index is 0.284. The summed E-state index contributed by atoms with van der Waals surface area (Å²) in [5.41, 5.74) is 7.30. The number of rotatable bonds is 2. The maximum Gasteiger partial charge on any atom is 0.220 e. The number of aromatic nitrogens is 4. The number of aryl methyl sites for hydroxylation is 1. The van der Waals surface area contributed by atoms with Crippen molar-refractivity contribution >= 4 is 5.95 Å². The summed E-state index contributed by atoms with van der Waals surface area (Å²) in [5, 5.41) is 0. The van der Waals surface area contributed by atoms with Crippen LogP contribution in [0.3, 0.4) is 0 Å². The van der Waals surface area contributed by atoms with Gasteiger partial charge in [-0.15, -0.1) is 0 Å². The molecular weight excluding hydrogens is 190 g/mol. The highest BCUT2D eigenvalue weighted by Crippen LogP contribution is 2.17. The van der Waals surface area contributed by atoms with Gasteiger partial charge in [-0.25, -0.2) is 15.0 Å². The Morgan fingerprint density at radius 2 is 2.20 bits per heavy atom. The van der Waals surface area contributed by atoms with Gasteiger partial charge < -0.3 is 10.3 Å². The zero-order chi connectivity index (χ0) is 10.8. The molecule has 0 bridgehead atoms. The molecular formula is C10H13N5. The molecule has 0 unspecified atom stereocenters. The maximum atomic E-state index is 5.53. The SMILES string of the molecule is CCc1ncc(-c2ccnc(N)n2)n1C. The Morgan fingerprint density at radius 3 is 2.80 bits per heavy atom. The van der Waals surface area contributed by atoms with Gasteiger partial charge in [0.2, 0.25) is 5.95 Å². The van der Waals surface area contributed by atoms with Crippen LogP contribution in [0.2, 0.25) is 0 Å². The van der Waals surface area contributed by atoms with Gasteiger partial charge in [0.25, 0.3) is 0 Å². The molecule has 0 fully saturated rings. The second kappa shape index (κ2) is 3.68. The highest BCUT2D eigenvalue weighted by Gasteiger charge is 2.08. The molecule has 0 aliphatic carbocycles. The predicted molar refractivity (Wildman–Crippen MR) is 58.0 cm³/mol. The van der Waals surface area contributed by atoms with E-state index in [-0.39, 0.29) is 5.95 Å². The second-order valence-corrected chi connectivity index (χ2v) is 3.27. The highest BCUT2D eigenvalue weighted by atomic mass is 15.1. The van der Waals surface area contributed by atoms with Crippen LogP contribution in [-0.4, -0.2) is 19.5 Å². The zero-order valence-electron chi connectivity index (χ0n) is 8.81. The van der Waals surface area contributed by atoms with E-state index in [1.165, 1.54) is 0 Å². The highest BCUT2D eigenvalue weighted by molar-refractivity contribution is 5.55. The van der Waals surface area contributed by atoms with Crippen molar-refractivity contribution in [2.75, 3.05) is 5.73 Å². The predicted octanol–water partition coefficient (Wildman–Crippen LogP) is 1.02. The molecule has 0 aliphatic rings.